The van der Waals surface area contributed by atoms with Crippen molar-refractivity contribution in [2.24, 2.45) is 0 Å². The van der Waals surface area contributed by atoms with E-state index in [9.17, 15) is 0 Å². The molecule has 1 aromatic carbocycles. The molecule has 112 valence electrons. The average molecular weight is 294 g/mol. The molecule has 2 aromatic heterocycles. The second-order valence-electron chi connectivity index (χ2n) is 5.99. The van der Waals surface area contributed by atoms with Gasteiger partial charge in [0.2, 0.25) is 0 Å². The number of aromatic nitrogens is 3. The van der Waals surface area contributed by atoms with Crippen molar-refractivity contribution in [3.63, 3.8) is 0 Å². The second kappa shape index (κ2) is 5.09. The first-order valence-corrected chi connectivity index (χ1v) is 7.66. The van der Waals surface area contributed by atoms with Crippen molar-refractivity contribution in [3.05, 3.63) is 47.5 Å². The van der Waals surface area contributed by atoms with Crippen LogP contribution in [0.15, 0.2) is 34.9 Å². The third-order valence-electron chi connectivity index (χ3n) is 4.03. The van der Waals surface area contributed by atoms with Crippen LogP contribution in [0.5, 0.6) is 0 Å². The molecule has 0 aliphatic carbocycles. The second-order valence-corrected chi connectivity index (χ2v) is 5.99. The van der Waals surface area contributed by atoms with Crippen LogP contribution < -0.4 is 4.90 Å². The van der Waals surface area contributed by atoms with E-state index in [1.807, 2.05) is 30.5 Å². The summed E-state index contributed by atoms with van der Waals surface area (Å²) in [6.07, 6.45) is 2.90. The van der Waals surface area contributed by atoms with Crippen LogP contribution in [0.2, 0.25) is 0 Å². The number of anilines is 1. The summed E-state index contributed by atoms with van der Waals surface area (Å²) in [5.41, 5.74) is 4.05. The van der Waals surface area contributed by atoms with Crippen molar-refractivity contribution in [2.45, 2.75) is 32.7 Å². The fraction of sp³-hybridized carbons (Fsp3) is 0.353. The number of fused-ring (bicyclic) bond motifs is 2. The molecule has 22 heavy (non-hydrogen) atoms. The van der Waals surface area contributed by atoms with Gasteiger partial charge >= 0.3 is 0 Å². The molecule has 4 rings (SSSR count). The summed E-state index contributed by atoms with van der Waals surface area (Å²) < 4.78 is 5.87. The Hall–Kier alpha value is -2.43. The Morgan fingerprint density at radius 2 is 2.05 bits per heavy atom. The minimum absolute atomic E-state index is 0.338. The standard InChI is InChI=1S/C17H18N4O/c1-11(2)16-18-9-12-7-8-21(10-14(12)19-16)17-20-13-5-3-4-6-15(13)22-17/h3-6,9,11H,7-8,10H2,1-2H3. The Morgan fingerprint density at radius 3 is 2.86 bits per heavy atom. The summed E-state index contributed by atoms with van der Waals surface area (Å²) in [4.78, 5) is 15.9. The lowest BCUT2D eigenvalue weighted by Crippen LogP contribution is -2.31. The first-order valence-electron chi connectivity index (χ1n) is 7.66. The minimum atomic E-state index is 0.338. The van der Waals surface area contributed by atoms with Crippen LogP contribution in [-0.4, -0.2) is 21.5 Å². The maximum atomic E-state index is 5.87. The molecule has 3 aromatic rings. The van der Waals surface area contributed by atoms with Gasteiger partial charge < -0.3 is 9.32 Å². The van der Waals surface area contributed by atoms with Gasteiger partial charge in [0.25, 0.3) is 6.01 Å². The van der Waals surface area contributed by atoms with Gasteiger partial charge in [-0.15, -0.1) is 0 Å². The van der Waals surface area contributed by atoms with Crippen LogP contribution in [0.4, 0.5) is 6.01 Å². The van der Waals surface area contributed by atoms with E-state index < -0.39 is 0 Å². The Morgan fingerprint density at radius 1 is 1.18 bits per heavy atom. The highest BCUT2D eigenvalue weighted by molar-refractivity contribution is 5.74. The van der Waals surface area contributed by atoms with Crippen molar-refractivity contribution in [1.82, 2.24) is 15.0 Å². The molecule has 0 spiro atoms. The predicted molar refractivity (Wildman–Crippen MR) is 84.9 cm³/mol. The lowest BCUT2D eigenvalue weighted by atomic mass is 10.1. The lowest BCUT2D eigenvalue weighted by Gasteiger charge is -2.26. The summed E-state index contributed by atoms with van der Waals surface area (Å²) in [7, 11) is 0. The van der Waals surface area contributed by atoms with Gasteiger partial charge in [0.15, 0.2) is 5.58 Å². The van der Waals surface area contributed by atoms with Gasteiger partial charge in [-0.2, -0.15) is 4.98 Å². The van der Waals surface area contributed by atoms with Crippen molar-refractivity contribution in [2.75, 3.05) is 11.4 Å². The molecule has 0 fully saturated rings. The lowest BCUT2D eigenvalue weighted by molar-refractivity contribution is 0.547. The molecule has 0 amide bonds. The predicted octanol–water partition coefficient (Wildman–Crippen LogP) is 3.30. The molecule has 0 bridgehead atoms. The maximum absolute atomic E-state index is 5.87. The van der Waals surface area contributed by atoms with Crippen molar-refractivity contribution in [3.8, 4) is 0 Å². The van der Waals surface area contributed by atoms with Gasteiger partial charge in [0.1, 0.15) is 11.3 Å². The van der Waals surface area contributed by atoms with Crippen molar-refractivity contribution < 1.29 is 4.42 Å². The summed E-state index contributed by atoms with van der Waals surface area (Å²) in [6, 6.07) is 8.53. The molecule has 1 aliphatic heterocycles. The Balaban J connectivity index is 1.67. The van der Waals surface area contributed by atoms with E-state index in [0.29, 0.717) is 11.9 Å². The monoisotopic (exact) mass is 294 g/mol. The highest BCUT2D eigenvalue weighted by atomic mass is 16.4. The molecular weight excluding hydrogens is 276 g/mol. The summed E-state index contributed by atoms with van der Waals surface area (Å²) in [5, 5.41) is 0. The molecule has 1 aliphatic rings. The largest absolute Gasteiger partial charge is 0.423 e. The van der Waals surface area contributed by atoms with Gasteiger partial charge in [-0.05, 0) is 24.1 Å². The van der Waals surface area contributed by atoms with Crippen LogP contribution in [0.1, 0.15) is 36.8 Å². The third kappa shape index (κ3) is 2.22. The van der Waals surface area contributed by atoms with E-state index >= 15 is 0 Å². The molecule has 0 N–H and O–H groups in total. The third-order valence-corrected chi connectivity index (χ3v) is 4.03. The normalized spacial score (nSPS) is 14.6. The first-order chi connectivity index (χ1) is 10.7. The zero-order valence-electron chi connectivity index (χ0n) is 12.8. The van der Waals surface area contributed by atoms with Crippen LogP contribution in [0, 0.1) is 0 Å². The number of oxazole rings is 1. The SMILES string of the molecule is CC(C)c1ncc2c(n1)CN(c1nc3ccccc3o1)CC2. The zero-order chi connectivity index (χ0) is 15.1. The Labute approximate surface area is 129 Å². The number of para-hydroxylation sites is 2. The van der Waals surface area contributed by atoms with Crippen LogP contribution >= 0.6 is 0 Å². The smallest absolute Gasteiger partial charge is 0.298 e. The van der Waals surface area contributed by atoms with Gasteiger partial charge in [-0.3, -0.25) is 0 Å². The Bertz CT molecular complexity index is 791. The molecule has 0 unspecified atom stereocenters. The van der Waals surface area contributed by atoms with E-state index in [1.165, 1.54) is 5.56 Å². The quantitative estimate of drug-likeness (QED) is 0.726. The topological polar surface area (TPSA) is 55.1 Å². The van der Waals surface area contributed by atoms with E-state index in [2.05, 4.69) is 28.7 Å². The Kier molecular flexibility index (Phi) is 3.06. The molecule has 3 heterocycles. The fourth-order valence-corrected chi connectivity index (χ4v) is 2.76. The van der Waals surface area contributed by atoms with Crippen molar-refractivity contribution >= 4 is 17.1 Å². The zero-order valence-corrected chi connectivity index (χ0v) is 12.8. The van der Waals surface area contributed by atoms with Crippen molar-refractivity contribution in [1.29, 1.82) is 0 Å². The highest BCUT2D eigenvalue weighted by Gasteiger charge is 2.22. The fourth-order valence-electron chi connectivity index (χ4n) is 2.76. The number of hydrogen-bond acceptors (Lipinski definition) is 5. The van der Waals surface area contributed by atoms with Gasteiger partial charge in [-0.25, -0.2) is 9.97 Å². The van der Waals surface area contributed by atoms with E-state index in [-0.39, 0.29) is 0 Å². The summed E-state index contributed by atoms with van der Waals surface area (Å²) >= 11 is 0. The number of nitrogens with zero attached hydrogens (tertiary/aromatic N) is 4. The molecular formula is C17H18N4O. The first kappa shape index (κ1) is 13.2. The molecule has 0 radical (unpaired) electrons. The van der Waals surface area contributed by atoms with Gasteiger partial charge in [0, 0.05) is 18.7 Å². The van der Waals surface area contributed by atoms with E-state index in [1.54, 1.807) is 0 Å². The molecule has 0 saturated carbocycles. The highest BCUT2D eigenvalue weighted by Crippen LogP contribution is 2.26. The van der Waals surface area contributed by atoms with Crippen LogP contribution in [-0.2, 0) is 13.0 Å². The molecule has 5 nitrogen and oxygen atoms in total. The number of rotatable bonds is 2. The average Bonchev–Trinajstić information content (AvgIpc) is 2.97. The van der Waals surface area contributed by atoms with Gasteiger partial charge in [0.05, 0.1) is 12.2 Å². The number of hydrogen-bond donors (Lipinski definition) is 0. The molecule has 5 heteroatoms. The van der Waals surface area contributed by atoms with E-state index in [0.717, 1.165) is 42.1 Å². The van der Waals surface area contributed by atoms with Gasteiger partial charge in [-0.1, -0.05) is 26.0 Å². The summed E-state index contributed by atoms with van der Waals surface area (Å²) in [6.45, 7) is 5.83. The molecule has 0 atom stereocenters. The molecule has 0 saturated heterocycles. The van der Waals surface area contributed by atoms with Crippen LogP contribution in [0.3, 0.4) is 0 Å². The number of benzene rings is 1. The summed E-state index contributed by atoms with van der Waals surface area (Å²) in [5.74, 6) is 1.24. The minimum Gasteiger partial charge on any atom is -0.423 e. The maximum Gasteiger partial charge on any atom is 0.298 e. The van der Waals surface area contributed by atoms with Crippen LogP contribution in [0.25, 0.3) is 11.1 Å². The van der Waals surface area contributed by atoms with E-state index in [4.69, 9.17) is 9.40 Å².